The summed E-state index contributed by atoms with van der Waals surface area (Å²) in [5.41, 5.74) is 1.09. The molecule has 0 aliphatic heterocycles. The van der Waals surface area contributed by atoms with Crippen molar-refractivity contribution in [2.45, 2.75) is 20.4 Å². The summed E-state index contributed by atoms with van der Waals surface area (Å²) < 4.78 is 2.21. The Morgan fingerprint density at radius 1 is 1.38 bits per heavy atom. The topological polar surface area (TPSA) is 17.8 Å². The van der Waals surface area contributed by atoms with Crippen LogP contribution in [-0.4, -0.2) is 9.55 Å². The van der Waals surface area contributed by atoms with Crippen LogP contribution < -0.4 is 0 Å². The van der Waals surface area contributed by atoms with Crippen LogP contribution in [0.15, 0.2) is 30.6 Å². The first kappa shape index (κ1) is 8.30. The fourth-order valence-corrected chi connectivity index (χ4v) is 1.56. The third-order valence-corrected chi connectivity index (χ3v) is 2.08. The summed E-state index contributed by atoms with van der Waals surface area (Å²) in [6, 6.07) is 6.19. The third kappa shape index (κ3) is 1.57. The molecule has 2 rings (SSSR count). The van der Waals surface area contributed by atoms with E-state index in [9.17, 15) is 0 Å². The molecule has 0 bridgehead atoms. The molecule has 0 atom stereocenters. The van der Waals surface area contributed by atoms with Gasteiger partial charge in [0.05, 0.1) is 0 Å². The Hall–Kier alpha value is -1.31. The Balaban J connectivity index is 2.46. The second-order valence-corrected chi connectivity index (χ2v) is 3.78. The van der Waals surface area contributed by atoms with Gasteiger partial charge in [-0.15, -0.1) is 0 Å². The van der Waals surface area contributed by atoms with Gasteiger partial charge in [0.15, 0.2) is 0 Å². The molecule has 0 aromatic carbocycles. The maximum atomic E-state index is 4.36. The lowest BCUT2D eigenvalue weighted by Crippen LogP contribution is -2.03. The standard InChI is InChI=1S/C11H14N2/c1-9(2)8-13-7-5-10-4-3-6-12-11(10)13/h3-7,9H,8H2,1-2H3. The van der Waals surface area contributed by atoms with Gasteiger partial charge in [-0.25, -0.2) is 4.98 Å². The molecule has 0 radical (unpaired) electrons. The number of hydrogen-bond acceptors (Lipinski definition) is 1. The van der Waals surface area contributed by atoms with Crippen molar-refractivity contribution in [3.63, 3.8) is 0 Å². The molecule has 0 spiro atoms. The van der Waals surface area contributed by atoms with Crippen molar-refractivity contribution in [1.82, 2.24) is 9.55 Å². The largest absolute Gasteiger partial charge is 0.332 e. The molecule has 0 saturated carbocycles. The molecule has 2 heteroatoms. The highest BCUT2D eigenvalue weighted by atomic mass is 15.0. The molecule has 0 N–H and O–H groups in total. The van der Waals surface area contributed by atoms with Gasteiger partial charge in [0.1, 0.15) is 5.65 Å². The predicted octanol–water partition coefficient (Wildman–Crippen LogP) is 2.69. The monoisotopic (exact) mass is 174 g/mol. The average molecular weight is 174 g/mol. The fraction of sp³-hybridized carbons (Fsp3) is 0.364. The molecular weight excluding hydrogens is 160 g/mol. The van der Waals surface area contributed by atoms with Gasteiger partial charge in [-0.05, 0) is 24.1 Å². The van der Waals surface area contributed by atoms with Crippen molar-refractivity contribution in [3.05, 3.63) is 30.6 Å². The first-order chi connectivity index (χ1) is 6.27. The van der Waals surface area contributed by atoms with Crippen LogP contribution in [0.2, 0.25) is 0 Å². The van der Waals surface area contributed by atoms with Crippen LogP contribution in [0.4, 0.5) is 0 Å². The van der Waals surface area contributed by atoms with E-state index in [1.165, 1.54) is 5.39 Å². The summed E-state index contributed by atoms with van der Waals surface area (Å²) in [4.78, 5) is 4.36. The SMILES string of the molecule is CC(C)Cn1ccc2cccnc21. The number of aromatic nitrogens is 2. The summed E-state index contributed by atoms with van der Waals surface area (Å²) in [6.45, 7) is 5.48. The highest BCUT2D eigenvalue weighted by molar-refractivity contribution is 5.75. The van der Waals surface area contributed by atoms with Gasteiger partial charge < -0.3 is 4.57 Å². The Morgan fingerprint density at radius 2 is 2.23 bits per heavy atom. The number of nitrogens with zero attached hydrogens (tertiary/aromatic N) is 2. The van der Waals surface area contributed by atoms with E-state index in [2.05, 4.69) is 41.7 Å². The molecule has 0 fully saturated rings. The minimum atomic E-state index is 0.664. The maximum absolute atomic E-state index is 4.36. The van der Waals surface area contributed by atoms with Crippen molar-refractivity contribution in [2.24, 2.45) is 5.92 Å². The normalized spacial score (nSPS) is 11.3. The van der Waals surface area contributed by atoms with E-state index in [0.29, 0.717) is 5.92 Å². The zero-order valence-corrected chi connectivity index (χ0v) is 8.07. The zero-order valence-electron chi connectivity index (χ0n) is 8.07. The van der Waals surface area contributed by atoms with Crippen molar-refractivity contribution < 1.29 is 0 Å². The van der Waals surface area contributed by atoms with Crippen molar-refractivity contribution >= 4 is 11.0 Å². The van der Waals surface area contributed by atoms with E-state index in [4.69, 9.17) is 0 Å². The first-order valence-corrected chi connectivity index (χ1v) is 4.67. The second kappa shape index (κ2) is 3.21. The van der Waals surface area contributed by atoms with Crippen LogP contribution in [0.3, 0.4) is 0 Å². The molecule has 0 aliphatic rings. The van der Waals surface area contributed by atoms with Gasteiger partial charge >= 0.3 is 0 Å². The average Bonchev–Trinajstić information content (AvgIpc) is 2.48. The van der Waals surface area contributed by atoms with Crippen molar-refractivity contribution in [2.75, 3.05) is 0 Å². The molecule has 2 aromatic rings. The lowest BCUT2D eigenvalue weighted by Gasteiger charge is -2.06. The molecule has 0 aliphatic carbocycles. The Morgan fingerprint density at radius 3 is 3.00 bits per heavy atom. The van der Waals surface area contributed by atoms with Crippen LogP contribution in [-0.2, 0) is 6.54 Å². The van der Waals surface area contributed by atoms with Crippen molar-refractivity contribution in [3.8, 4) is 0 Å². The molecule has 0 unspecified atom stereocenters. The van der Waals surface area contributed by atoms with E-state index >= 15 is 0 Å². The number of hydrogen-bond donors (Lipinski definition) is 0. The number of fused-ring (bicyclic) bond motifs is 1. The summed E-state index contributed by atoms with van der Waals surface area (Å²) in [6.07, 6.45) is 3.96. The molecule has 0 saturated heterocycles. The van der Waals surface area contributed by atoms with Gasteiger partial charge in [0.25, 0.3) is 0 Å². The van der Waals surface area contributed by atoms with Crippen molar-refractivity contribution in [1.29, 1.82) is 0 Å². The fourth-order valence-electron chi connectivity index (χ4n) is 1.56. The molecule has 0 amide bonds. The van der Waals surface area contributed by atoms with E-state index < -0.39 is 0 Å². The first-order valence-electron chi connectivity index (χ1n) is 4.67. The number of rotatable bonds is 2. The smallest absolute Gasteiger partial charge is 0.139 e. The molecular formula is C11H14N2. The summed E-state index contributed by atoms with van der Waals surface area (Å²) in [5, 5.41) is 1.23. The lowest BCUT2D eigenvalue weighted by molar-refractivity contribution is 0.533. The van der Waals surface area contributed by atoms with E-state index in [-0.39, 0.29) is 0 Å². The van der Waals surface area contributed by atoms with Crippen LogP contribution in [0.5, 0.6) is 0 Å². The molecule has 2 heterocycles. The van der Waals surface area contributed by atoms with Gasteiger partial charge in [-0.3, -0.25) is 0 Å². The van der Waals surface area contributed by atoms with Gasteiger partial charge in [-0.2, -0.15) is 0 Å². The van der Waals surface area contributed by atoms with E-state index in [1.807, 2.05) is 12.3 Å². The molecule has 2 aromatic heterocycles. The lowest BCUT2D eigenvalue weighted by atomic mass is 10.2. The van der Waals surface area contributed by atoms with Gasteiger partial charge in [-0.1, -0.05) is 13.8 Å². The van der Waals surface area contributed by atoms with Gasteiger partial charge in [0, 0.05) is 24.3 Å². The minimum Gasteiger partial charge on any atom is -0.332 e. The van der Waals surface area contributed by atoms with Crippen LogP contribution in [0.1, 0.15) is 13.8 Å². The molecule has 68 valence electrons. The summed E-state index contributed by atoms with van der Waals surface area (Å²) >= 11 is 0. The van der Waals surface area contributed by atoms with Crippen LogP contribution >= 0.6 is 0 Å². The Labute approximate surface area is 78.2 Å². The molecule has 2 nitrogen and oxygen atoms in total. The predicted molar refractivity (Wildman–Crippen MR) is 54.6 cm³/mol. The Bertz CT molecular complexity index is 401. The highest BCUT2D eigenvalue weighted by Crippen LogP contribution is 2.13. The zero-order chi connectivity index (χ0) is 9.26. The Kier molecular flexibility index (Phi) is 2.05. The van der Waals surface area contributed by atoms with Gasteiger partial charge in [0.2, 0.25) is 0 Å². The van der Waals surface area contributed by atoms with Crippen LogP contribution in [0, 0.1) is 5.92 Å². The highest BCUT2D eigenvalue weighted by Gasteiger charge is 2.02. The maximum Gasteiger partial charge on any atom is 0.139 e. The summed E-state index contributed by atoms with van der Waals surface area (Å²) in [7, 11) is 0. The third-order valence-electron chi connectivity index (χ3n) is 2.08. The summed E-state index contributed by atoms with van der Waals surface area (Å²) in [5.74, 6) is 0.664. The van der Waals surface area contributed by atoms with E-state index in [1.54, 1.807) is 0 Å². The second-order valence-electron chi connectivity index (χ2n) is 3.78. The van der Waals surface area contributed by atoms with E-state index in [0.717, 1.165) is 12.2 Å². The number of pyridine rings is 1. The quantitative estimate of drug-likeness (QED) is 0.684. The van der Waals surface area contributed by atoms with Crippen LogP contribution in [0.25, 0.3) is 11.0 Å². The minimum absolute atomic E-state index is 0.664. The molecule has 13 heavy (non-hydrogen) atoms.